The summed E-state index contributed by atoms with van der Waals surface area (Å²) in [5.74, 6) is -0.573. The number of carbonyl (C=O) groups excluding carboxylic acids is 1. The molecule has 0 bridgehead atoms. The fraction of sp³-hybridized carbons (Fsp3) is 0.136. The Balaban J connectivity index is 2.07. The highest BCUT2D eigenvalue weighted by Gasteiger charge is 2.19. The van der Waals surface area contributed by atoms with Crippen LogP contribution in [-0.2, 0) is 6.54 Å². The van der Waals surface area contributed by atoms with E-state index >= 15 is 0 Å². The molecule has 0 saturated carbocycles. The maximum Gasteiger partial charge on any atom is 0.270 e. The number of anilines is 1. The third-order valence-electron chi connectivity index (χ3n) is 4.48. The monoisotopic (exact) mass is 442 g/mol. The van der Waals surface area contributed by atoms with E-state index in [1.54, 1.807) is 18.2 Å². The first-order valence-corrected chi connectivity index (χ1v) is 10.2. The average Bonchev–Trinajstić information content (AvgIpc) is 2.71. The van der Waals surface area contributed by atoms with Crippen molar-refractivity contribution in [3.63, 3.8) is 0 Å². The van der Waals surface area contributed by atoms with Crippen LogP contribution in [0.3, 0.4) is 0 Å². The summed E-state index contributed by atoms with van der Waals surface area (Å²) in [6.07, 6.45) is 0. The van der Waals surface area contributed by atoms with E-state index in [2.05, 4.69) is 0 Å². The van der Waals surface area contributed by atoms with Gasteiger partial charge in [0.05, 0.1) is 27.7 Å². The van der Waals surface area contributed by atoms with Gasteiger partial charge in [0.15, 0.2) is 5.78 Å². The number of hydrogen-bond acceptors (Lipinski definition) is 6. The molecule has 0 spiro atoms. The first-order valence-electron chi connectivity index (χ1n) is 9.04. The number of phenolic OH excluding ortho intramolecular Hbond substituents is 1. The van der Waals surface area contributed by atoms with Gasteiger partial charge in [0.25, 0.3) is 5.69 Å². The van der Waals surface area contributed by atoms with E-state index < -0.39 is 4.92 Å². The molecule has 3 aromatic carbocycles. The van der Waals surface area contributed by atoms with Crippen molar-refractivity contribution in [2.75, 3.05) is 4.31 Å². The van der Waals surface area contributed by atoms with E-state index in [9.17, 15) is 20.0 Å². The van der Waals surface area contributed by atoms with E-state index in [4.69, 9.17) is 11.6 Å². The maximum absolute atomic E-state index is 12.0. The molecule has 0 heterocycles. The summed E-state index contributed by atoms with van der Waals surface area (Å²) in [4.78, 5) is 23.4. The number of aryl methyl sites for hydroxylation is 1. The highest BCUT2D eigenvalue weighted by Crippen LogP contribution is 2.39. The molecule has 3 aromatic rings. The highest BCUT2D eigenvalue weighted by molar-refractivity contribution is 8.00. The SMILES string of the molecule is CC(=O)c1cc(N(Cc2ccccc2)Sc2cc([N+](=O)[O-])ccc2C)cc(Cl)c1O. The average molecular weight is 443 g/mol. The number of ketones is 1. The predicted molar refractivity (Wildman–Crippen MR) is 119 cm³/mol. The van der Waals surface area contributed by atoms with E-state index in [0.29, 0.717) is 17.1 Å². The molecule has 0 aliphatic heterocycles. The number of non-ortho nitro benzene ring substituents is 1. The Morgan fingerprint density at radius 3 is 2.50 bits per heavy atom. The van der Waals surface area contributed by atoms with Crippen molar-refractivity contribution in [3.05, 3.63) is 92.5 Å². The molecule has 0 aliphatic rings. The molecule has 1 N–H and O–H groups in total. The summed E-state index contributed by atoms with van der Waals surface area (Å²) in [5, 5.41) is 21.4. The number of carbonyl (C=O) groups is 1. The van der Waals surface area contributed by atoms with Crippen LogP contribution < -0.4 is 4.31 Å². The van der Waals surface area contributed by atoms with Crippen LogP contribution in [0, 0.1) is 17.0 Å². The van der Waals surface area contributed by atoms with Crippen LogP contribution in [0.25, 0.3) is 0 Å². The normalized spacial score (nSPS) is 10.6. The minimum Gasteiger partial charge on any atom is -0.506 e. The van der Waals surface area contributed by atoms with Crippen LogP contribution >= 0.6 is 23.5 Å². The van der Waals surface area contributed by atoms with Crippen molar-refractivity contribution in [1.82, 2.24) is 0 Å². The Bertz CT molecular complexity index is 1110. The Kier molecular flexibility index (Phi) is 6.64. The summed E-state index contributed by atoms with van der Waals surface area (Å²) >= 11 is 7.49. The smallest absolute Gasteiger partial charge is 0.270 e. The van der Waals surface area contributed by atoms with Crippen LogP contribution in [0.2, 0.25) is 5.02 Å². The van der Waals surface area contributed by atoms with Gasteiger partial charge in [-0.05, 0) is 49.1 Å². The maximum atomic E-state index is 12.0. The summed E-state index contributed by atoms with van der Waals surface area (Å²) in [6, 6.07) is 17.5. The first kappa shape index (κ1) is 21.7. The molecule has 154 valence electrons. The summed E-state index contributed by atoms with van der Waals surface area (Å²) in [5.41, 5.74) is 2.59. The van der Waals surface area contributed by atoms with E-state index in [0.717, 1.165) is 11.1 Å². The van der Waals surface area contributed by atoms with Crippen molar-refractivity contribution >= 4 is 40.7 Å². The zero-order valence-electron chi connectivity index (χ0n) is 16.3. The topological polar surface area (TPSA) is 83.7 Å². The number of phenols is 1. The van der Waals surface area contributed by atoms with Crippen LogP contribution in [0.5, 0.6) is 5.75 Å². The summed E-state index contributed by atoms with van der Waals surface area (Å²) in [6.45, 7) is 3.68. The van der Waals surface area contributed by atoms with Gasteiger partial charge in [-0.15, -0.1) is 0 Å². The standard InChI is InChI=1S/C22H19ClN2O4S/c1-14-8-9-17(25(28)29)12-21(14)30-24(13-16-6-4-3-5-7-16)18-10-19(15(2)26)22(27)20(23)11-18/h3-12,27H,13H2,1-2H3. The van der Waals surface area contributed by atoms with E-state index in [1.165, 1.54) is 31.0 Å². The fourth-order valence-corrected chi connectivity index (χ4v) is 4.10. The lowest BCUT2D eigenvalue weighted by Crippen LogP contribution is -2.15. The van der Waals surface area contributed by atoms with Gasteiger partial charge in [-0.25, -0.2) is 0 Å². The molecule has 0 saturated heterocycles. The molecule has 30 heavy (non-hydrogen) atoms. The number of hydrogen-bond donors (Lipinski definition) is 1. The lowest BCUT2D eigenvalue weighted by atomic mass is 10.1. The number of aromatic hydroxyl groups is 1. The van der Waals surface area contributed by atoms with Crippen LogP contribution in [0.15, 0.2) is 65.6 Å². The number of halogens is 1. The number of benzene rings is 3. The van der Waals surface area contributed by atoms with E-state index in [1.807, 2.05) is 41.6 Å². The number of Topliss-reactive ketones (excluding diaryl/α,β-unsaturated/α-hetero) is 1. The molecule has 0 radical (unpaired) electrons. The second-order valence-electron chi connectivity index (χ2n) is 6.70. The van der Waals surface area contributed by atoms with Gasteiger partial charge in [0, 0.05) is 17.0 Å². The molecule has 0 aromatic heterocycles. The zero-order chi connectivity index (χ0) is 21.8. The molecular formula is C22H19ClN2O4S. The third kappa shape index (κ3) is 4.93. The molecule has 0 fully saturated rings. The minimum absolute atomic E-state index is 0.00377. The molecule has 3 rings (SSSR count). The molecule has 0 atom stereocenters. The van der Waals surface area contributed by atoms with Crippen molar-refractivity contribution < 1.29 is 14.8 Å². The van der Waals surface area contributed by atoms with Crippen molar-refractivity contribution in [3.8, 4) is 5.75 Å². The Hall–Kier alpha value is -3.03. The number of nitrogens with zero attached hydrogens (tertiary/aromatic N) is 2. The van der Waals surface area contributed by atoms with Crippen molar-refractivity contribution in [2.45, 2.75) is 25.3 Å². The summed E-state index contributed by atoms with van der Waals surface area (Å²) < 4.78 is 1.89. The molecule has 0 amide bonds. The Morgan fingerprint density at radius 2 is 1.87 bits per heavy atom. The summed E-state index contributed by atoms with van der Waals surface area (Å²) in [7, 11) is 0. The fourth-order valence-electron chi connectivity index (χ4n) is 2.84. The van der Waals surface area contributed by atoms with Gasteiger partial charge in [-0.2, -0.15) is 0 Å². The van der Waals surface area contributed by atoms with Gasteiger partial charge in [-0.3, -0.25) is 14.9 Å². The first-order chi connectivity index (χ1) is 14.3. The Labute approximate surface area is 183 Å². The van der Waals surface area contributed by atoms with Crippen LogP contribution in [-0.4, -0.2) is 15.8 Å². The van der Waals surface area contributed by atoms with Gasteiger partial charge in [-0.1, -0.05) is 48.0 Å². The minimum atomic E-state index is -0.434. The van der Waals surface area contributed by atoms with E-state index in [-0.39, 0.29) is 27.8 Å². The largest absolute Gasteiger partial charge is 0.506 e. The lowest BCUT2D eigenvalue weighted by Gasteiger charge is -2.25. The third-order valence-corrected chi connectivity index (χ3v) is 5.96. The second kappa shape index (κ2) is 9.19. The van der Waals surface area contributed by atoms with Gasteiger partial charge in [0.2, 0.25) is 0 Å². The second-order valence-corrected chi connectivity index (χ2v) is 8.17. The Morgan fingerprint density at radius 1 is 1.17 bits per heavy atom. The number of nitro benzene ring substituents is 1. The highest BCUT2D eigenvalue weighted by atomic mass is 35.5. The number of rotatable bonds is 7. The van der Waals surface area contributed by atoms with Gasteiger partial charge < -0.3 is 9.41 Å². The van der Waals surface area contributed by atoms with Crippen molar-refractivity contribution in [1.29, 1.82) is 0 Å². The predicted octanol–water partition coefficient (Wildman–Crippen LogP) is 6.18. The molecule has 0 unspecified atom stereocenters. The van der Waals surface area contributed by atoms with Gasteiger partial charge in [0.1, 0.15) is 5.75 Å². The molecule has 6 nitrogen and oxygen atoms in total. The van der Waals surface area contributed by atoms with Crippen LogP contribution in [0.4, 0.5) is 11.4 Å². The molecule has 8 heteroatoms. The van der Waals surface area contributed by atoms with Crippen LogP contribution in [0.1, 0.15) is 28.4 Å². The quantitative estimate of drug-likeness (QED) is 0.203. The van der Waals surface area contributed by atoms with Gasteiger partial charge >= 0.3 is 0 Å². The lowest BCUT2D eigenvalue weighted by molar-refractivity contribution is -0.385. The molecular weight excluding hydrogens is 424 g/mol. The zero-order valence-corrected chi connectivity index (χ0v) is 17.9. The van der Waals surface area contributed by atoms with Crippen molar-refractivity contribution in [2.24, 2.45) is 0 Å². The number of nitro groups is 1. The molecule has 0 aliphatic carbocycles.